The lowest BCUT2D eigenvalue weighted by Gasteiger charge is -2.16. The minimum atomic E-state index is -0.767. The van der Waals surface area contributed by atoms with Crippen LogP contribution >= 0.6 is 0 Å². The second-order valence-electron chi connectivity index (χ2n) is 3.92. The van der Waals surface area contributed by atoms with E-state index in [9.17, 15) is 9.18 Å². The van der Waals surface area contributed by atoms with Crippen LogP contribution in [0.25, 0.3) is 0 Å². The van der Waals surface area contributed by atoms with Crippen LogP contribution in [0.2, 0.25) is 0 Å². The zero-order valence-corrected chi connectivity index (χ0v) is 9.37. The summed E-state index contributed by atoms with van der Waals surface area (Å²) >= 11 is 0. The number of methoxy groups -OCH3 is 1. The lowest BCUT2D eigenvalue weighted by molar-refractivity contribution is 0.0595. The van der Waals surface area contributed by atoms with Gasteiger partial charge in [-0.3, -0.25) is 0 Å². The molecule has 0 saturated carbocycles. The highest BCUT2D eigenvalue weighted by atomic mass is 19.1. The number of ether oxygens (including phenoxy) is 1. The summed E-state index contributed by atoms with van der Waals surface area (Å²) in [6.07, 6.45) is 0. The molecule has 4 heteroatoms. The molecule has 0 amide bonds. The third-order valence-corrected chi connectivity index (χ3v) is 2.37. The van der Waals surface area contributed by atoms with Gasteiger partial charge in [0.05, 0.1) is 24.2 Å². The highest BCUT2D eigenvalue weighted by Crippen LogP contribution is 2.24. The van der Waals surface area contributed by atoms with Crippen LogP contribution in [0.4, 0.5) is 4.39 Å². The van der Waals surface area contributed by atoms with E-state index in [2.05, 4.69) is 10.8 Å². The summed E-state index contributed by atoms with van der Waals surface area (Å²) in [7, 11) is 1.18. The Morgan fingerprint density at radius 2 is 2.12 bits per heavy atom. The summed E-state index contributed by atoms with van der Waals surface area (Å²) in [6, 6.07) is 6.10. The lowest BCUT2D eigenvalue weighted by Crippen LogP contribution is -2.16. The average Bonchev–Trinajstić information content (AvgIpc) is 2.28. The fraction of sp³-hybridized carbons (Fsp3) is 0.333. The highest BCUT2D eigenvalue weighted by molar-refractivity contribution is 5.89. The maximum absolute atomic E-state index is 13.3. The molecule has 0 aliphatic heterocycles. The van der Waals surface area contributed by atoms with E-state index >= 15 is 0 Å². The van der Waals surface area contributed by atoms with Crippen molar-refractivity contribution in [3.05, 3.63) is 35.1 Å². The summed E-state index contributed by atoms with van der Waals surface area (Å²) in [6.45, 7) is 3.39. The van der Waals surface area contributed by atoms with Crippen molar-refractivity contribution in [2.45, 2.75) is 19.3 Å². The Hall–Kier alpha value is -1.89. The number of hydrogen-bond acceptors (Lipinski definition) is 3. The largest absolute Gasteiger partial charge is 0.465 e. The number of benzene rings is 1. The molecule has 16 heavy (non-hydrogen) atoms. The summed E-state index contributed by atoms with van der Waals surface area (Å²) in [4.78, 5) is 11.3. The molecule has 3 nitrogen and oxygen atoms in total. The van der Waals surface area contributed by atoms with Crippen LogP contribution in [0, 0.1) is 17.1 Å². The Kier molecular flexibility index (Phi) is 3.28. The first-order valence-electron chi connectivity index (χ1n) is 4.72. The SMILES string of the molecule is COC(=O)c1cc(C(C)(C)C#N)ccc1F. The minimum absolute atomic E-state index is 0.150. The number of carbonyl (C=O) groups is 1. The van der Waals surface area contributed by atoms with Gasteiger partial charge in [0.15, 0.2) is 0 Å². The van der Waals surface area contributed by atoms with Crippen molar-refractivity contribution in [1.29, 1.82) is 5.26 Å². The number of carbonyl (C=O) groups excluding carboxylic acids is 1. The van der Waals surface area contributed by atoms with E-state index < -0.39 is 17.2 Å². The number of hydrogen-bond donors (Lipinski definition) is 0. The minimum Gasteiger partial charge on any atom is -0.465 e. The van der Waals surface area contributed by atoms with E-state index in [-0.39, 0.29) is 5.56 Å². The van der Waals surface area contributed by atoms with Gasteiger partial charge in [-0.2, -0.15) is 5.26 Å². The first-order chi connectivity index (χ1) is 7.42. The second-order valence-corrected chi connectivity index (χ2v) is 3.92. The molecule has 84 valence electrons. The Morgan fingerprint density at radius 3 is 2.62 bits per heavy atom. The molecule has 0 saturated heterocycles. The van der Waals surface area contributed by atoms with E-state index in [0.717, 1.165) is 0 Å². The van der Waals surface area contributed by atoms with Crippen LogP contribution in [0.15, 0.2) is 18.2 Å². The molecule has 0 aliphatic carbocycles. The summed E-state index contributed by atoms with van der Waals surface area (Å²) < 4.78 is 17.8. The van der Waals surface area contributed by atoms with Crippen molar-refractivity contribution in [3.63, 3.8) is 0 Å². The third-order valence-electron chi connectivity index (χ3n) is 2.37. The monoisotopic (exact) mass is 221 g/mol. The standard InChI is InChI=1S/C12H12FNO2/c1-12(2,7-14)8-4-5-10(13)9(6-8)11(15)16-3/h4-6H,1-3H3. The van der Waals surface area contributed by atoms with Crippen molar-refractivity contribution in [2.24, 2.45) is 0 Å². The van der Waals surface area contributed by atoms with Crippen LogP contribution < -0.4 is 0 Å². The van der Waals surface area contributed by atoms with E-state index in [4.69, 9.17) is 5.26 Å². The molecule has 1 aromatic rings. The number of halogens is 1. The zero-order chi connectivity index (χ0) is 12.3. The fourth-order valence-corrected chi connectivity index (χ4v) is 1.24. The van der Waals surface area contributed by atoms with E-state index in [1.54, 1.807) is 13.8 Å². The quantitative estimate of drug-likeness (QED) is 0.720. The number of nitriles is 1. The number of esters is 1. The third kappa shape index (κ3) is 2.19. The maximum atomic E-state index is 13.3. The van der Waals surface area contributed by atoms with Gasteiger partial charge in [-0.1, -0.05) is 6.07 Å². The van der Waals surface area contributed by atoms with E-state index in [1.165, 1.54) is 25.3 Å². The van der Waals surface area contributed by atoms with Crippen molar-refractivity contribution < 1.29 is 13.9 Å². The lowest BCUT2D eigenvalue weighted by atomic mass is 9.85. The maximum Gasteiger partial charge on any atom is 0.340 e. The molecule has 0 unspecified atom stereocenters. The highest BCUT2D eigenvalue weighted by Gasteiger charge is 2.22. The predicted octanol–water partition coefficient (Wildman–Crippen LogP) is 2.41. The molecule has 1 aromatic carbocycles. The van der Waals surface area contributed by atoms with Gasteiger partial charge in [0.25, 0.3) is 0 Å². The molecule has 0 fully saturated rings. The van der Waals surface area contributed by atoms with Gasteiger partial charge >= 0.3 is 5.97 Å². The summed E-state index contributed by atoms with van der Waals surface area (Å²) in [5, 5.41) is 8.94. The van der Waals surface area contributed by atoms with Crippen molar-refractivity contribution in [3.8, 4) is 6.07 Å². The van der Waals surface area contributed by atoms with Crippen LogP contribution in [0.5, 0.6) is 0 Å². The Bertz CT molecular complexity index is 461. The molecule has 0 aromatic heterocycles. The van der Waals surface area contributed by atoms with Gasteiger partial charge in [0.1, 0.15) is 5.82 Å². The van der Waals surface area contributed by atoms with Crippen molar-refractivity contribution >= 4 is 5.97 Å². The molecule has 0 bridgehead atoms. The van der Waals surface area contributed by atoms with Gasteiger partial charge < -0.3 is 4.74 Å². The number of nitrogens with zero attached hydrogens (tertiary/aromatic N) is 1. The predicted molar refractivity (Wildman–Crippen MR) is 56.4 cm³/mol. The van der Waals surface area contributed by atoms with Crippen LogP contribution in [-0.2, 0) is 10.2 Å². The Labute approximate surface area is 93.5 Å². The Balaban J connectivity index is 3.29. The van der Waals surface area contributed by atoms with Gasteiger partial charge in [0, 0.05) is 0 Å². The summed E-state index contributed by atoms with van der Waals surface area (Å²) in [5.74, 6) is -1.39. The summed E-state index contributed by atoms with van der Waals surface area (Å²) in [5.41, 5.74) is -0.337. The zero-order valence-electron chi connectivity index (χ0n) is 9.37. The molecular weight excluding hydrogens is 209 g/mol. The molecule has 0 radical (unpaired) electrons. The molecule has 0 heterocycles. The average molecular weight is 221 g/mol. The normalized spacial score (nSPS) is 10.7. The second kappa shape index (κ2) is 4.31. The fourth-order valence-electron chi connectivity index (χ4n) is 1.24. The van der Waals surface area contributed by atoms with Crippen molar-refractivity contribution in [2.75, 3.05) is 7.11 Å². The molecule has 0 atom stereocenters. The smallest absolute Gasteiger partial charge is 0.340 e. The van der Waals surface area contributed by atoms with Gasteiger partial charge in [-0.25, -0.2) is 9.18 Å². The van der Waals surface area contributed by atoms with Crippen LogP contribution in [-0.4, -0.2) is 13.1 Å². The first kappa shape index (κ1) is 12.2. The topological polar surface area (TPSA) is 50.1 Å². The first-order valence-corrected chi connectivity index (χ1v) is 4.72. The number of rotatable bonds is 2. The van der Waals surface area contributed by atoms with Crippen molar-refractivity contribution in [1.82, 2.24) is 0 Å². The van der Waals surface area contributed by atoms with Crippen LogP contribution in [0.1, 0.15) is 29.8 Å². The molecular formula is C12H12FNO2. The molecule has 0 N–H and O–H groups in total. The van der Waals surface area contributed by atoms with Crippen LogP contribution in [0.3, 0.4) is 0 Å². The van der Waals surface area contributed by atoms with Gasteiger partial charge in [-0.05, 0) is 31.5 Å². The van der Waals surface area contributed by atoms with Gasteiger partial charge in [0.2, 0.25) is 0 Å². The molecule has 0 spiro atoms. The molecule has 1 rings (SSSR count). The van der Waals surface area contributed by atoms with E-state index in [0.29, 0.717) is 5.56 Å². The molecule has 0 aliphatic rings. The van der Waals surface area contributed by atoms with Gasteiger partial charge in [-0.15, -0.1) is 0 Å². The van der Waals surface area contributed by atoms with E-state index in [1.807, 2.05) is 0 Å². The Morgan fingerprint density at radius 1 is 1.50 bits per heavy atom.